The van der Waals surface area contributed by atoms with Gasteiger partial charge in [0.25, 0.3) is 0 Å². The molecule has 0 saturated heterocycles. The molecule has 0 amide bonds. The Labute approximate surface area is 120 Å². The van der Waals surface area contributed by atoms with E-state index in [1.54, 1.807) is 0 Å². The second-order valence-electron chi connectivity index (χ2n) is 5.13. The largest absolute Gasteiger partial charge is 0.487 e. The zero-order chi connectivity index (χ0) is 14.5. The number of ether oxygens (including phenoxy) is 1. The summed E-state index contributed by atoms with van der Waals surface area (Å²) in [6.07, 6.45) is 2.14. The number of para-hydroxylation sites is 1. The highest BCUT2D eigenvalue weighted by Gasteiger charge is 2.11. The summed E-state index contributed by atoms with van der Waals surface area (Å²) in [5.41, 5.74) is 1.72. The number of aliphatic hydroxyl groups is 1. The van der Waals surface area contributed by atoms with Crippen LogP contribution in [-0.2, 0) is 6.61 Å². The smallest absolute Gasteiger partial charge is 0.132 e. The maximum Gasteiger partial charge on any atom is 0.132 e. The molecule has 0 aliphatic carbocycles. The number of benzene rings is 1. The topological polar surface area (TPSA) is 47.3 Å². The van der Waals surface area contributed by atoms with Crippen LogP contribution in [0.25, 0.3) is 0 Å². The van der Waals surface area contributed by atoms with Gasteiger partial charge in [0, 0.05) is 17.8 Å². The van der Waals surface area contributed by atoms with Gasteiger partial charge in [-0.3, -0.25) is 4.68 Å². The van der Waals surface area contributed by atoms with Crippen molar-refractivity contribution in [2.24, 2.45) is 0 Å². The van der Waals surface area contributed by atoms with Gasteiger partial charge in [-0.1, -0.05) is 25.1 Å². The molecule has 1 aromatic heterocycles. The standard InChI is InChI=1S/C16H22N2O2/c1-4-15(19)14-7-5-6-8-16(14)20-11-13-9-10-18(17-13)12(2)3/h5-10,12,15,19H,4,11H2,1-3H3. The predicted molar refractivity (Wildman–Crippen MR) is 78.6 cm³/mol. The molecule has 1 atom stereocenters. The molecular weight excluding hydrogens is 252 g/mol. The summed E-state index contributed by atoms with van der Waals surface area (Å²) in [6.45, 7) is 6.54. The van der Waals surface area contributed by atoms with Crippen molar-refractivity contribution in [1.29, 1.82) is 0 Å². The van der Waals surface area contributed by atoms with Crippen molar-refractivity contribution in [1.82, 2.24) is 9.78 Å². The van der Waals surface area contributed by atoms with Gasteiger partial charge in [-0.25, -0.2) is 0 Å². The van der Waals surface area contributed by atoms with Crippen LogP contribution in [0.5, 0.6) is 5.75 Å². The normalized spacial score (nSPS) is 12.7. The molecule has 0 spiro atoms. The Bertz CT molecular complexity index is 549. The van der Waals surface area contributed by atoms with Gasteiger partial charge in [-0.2, -0.15) is 5.10 Å². The predicted octanol–water partition coefficient (Wildman–Crippen LogP) is 3.49. The summed E-state index contributed by atoms with van der Waals surface area (Å²) in [5.74, 6) is 0.723. The second-order valence-corrected chi connectivity index (χ2v) is 5.13. The van der Waals surface area contributed by atoms with Crippen LogP contribution in [0.2, 0.25) is 0 Å². The van der Waals surface area contributed by atoms with E-state index in [0.717, 1.165) is 17.0 Å². The molecule has 1 N–H and O–H groups in total. The highest BCUT2D eigenvalue weighted by Crippen LogP contribution is 2.27. The molecule has 1 heterocycles. The van der Waals surface area contributed by atoms with E-state index < -0.39 is 6.10 Å². The molecule has 0 bridgehead atoms. The summed E-state index contributed by atoms with van der Waals surface area (Å²) in [6, 6.07) is 9.91. The third-order valence-corrected chi connectivity index (χ3v) is 3.23. The molecular formula is C16H22N2O2. The first-order valence-electron chi connectivity index (χ1n) is 7.05. The molecule has 2 aromatic rings. The Kier molecular flexibility index (Phi) is 4.79. The zero-order valence-electron chi connectivity index (χ0n) is 12.3. The van der Waals surface area contributed by atoms with Gasteiger partial charge in [0.15, 0.2) is 0 Å². The third-order valence-electron chi connectivity index (χ3n) is 3.23. The molecule has 2 rings (SSSR count). The number of aromatic nitrogens is 2. The van der Waals surface area contributed by atoms with Gasteiger partial charge in [0.2, 0.25) is 0 Å². The van der Waals surface area contributed by atoms with E-state index in [0.29, 0.717) is 19.1 Å². The van der Waals surface area contributed by atoms with Gasteiger partial charge in [0.1, 0.15) is 12.4 Å². The second kappa shape index (κ2) is 6.57. The van der Waals surface area contributed by atoms with Crippen molar-refractivity contribution >= 4 is 0 Å². The first kappa shape index (κ1) is 14.6. The average Bonchev–Trinajstić information content (AvgIpc) is 2.93. The fourth-order valence-corrected chi connectivity index (χ4v) is 2.00. The molecule has 4 heteroatoms. The van der Waals surface area contributed by atoms with Crippen LogP contribution in [0.1, 0.15) is 50.6 Å². The van der Waals surface area contributed by atoms with E-state index >= 15 is 0 Å². The molecule has 20 heavy (non-hydrogen) atoms. The van der Waals surface area contributed by atoms with Crippen molar-refractivity contribution in [3.05, 3.63) is 47.8 Å². The van der Waals surface area contributed by atoms with E-state index in [1.807, 2.05) is 48.1 Å². The lowest BCUT2D eigenvalue weighted by Crippen LogP contribution is -2.05. The van der Waals surface area contributed by atoms with Crippen molar-refractivity contribution in [3.8, 4) is 5.75 Å². The first-order valence-corrected chi connectivity index (χ1v) is 7.05. The summed E-state index contributed by atoms with van der Waals surface area (Å²) < 4.78 is 7.71. The average molecular weight is 274 g/mol. The van der Waals surface area contributed by atoms with Crippen molar-refractivity contribution in [2.75, 3.05) is 0 Å². The maximum atomic E-state index is 9.98. The monoisotopic (exact) mass is 274 g/mol. The Morgan fingerprint density at radius 2 is 2.00 bits per heavy atom. The molecule has 108 valence electrons. The Morgan fingerprint density at radius 3 is 2.65 bits per heavy atom. The van der Waals surface area contributed by atoms with Crippen molar-refractivity contribution < 1.29 is 9.84 Å². The quantitative estimate of drug-likeness (QED) is 0.877. The van der Waals surface area contributed by atoms with E-state index in [1.165, 1.54) is 0 Å². The van der Waals surface area contributed by atoms with Crippen LogP contribution in [0.15, 0.2) is 36.5 Å². The number of aliphatic hydroxyl groups excluding tert-OH is 1. The third kappa shape index (κ3) is 3.39. The maximum absolute atomic E-state index is 9.98. The molecule has 1 unspecified atom stereocenters. The fourth-order valence-electron chi connectivity index (χ4n) is 2.00. The minimum Gasteiger partial charge on any atom is -0.487 e. The summed E-state index contributed by atoms with van der Waals surface area (Å²) in [7, 11) is 0. The Balaban J connectivity index is 2.06. The van der Waals surface area contributed by atoms with E-state index in [-0.39, 0.29) is 0 Å². The van der Waals surface area contributed by atoms with Crippen LogP contribution < -0.4 is 4.74 Å². The lowest BCUT2D eigenvalue weighted by Gasteiger charge is -2.14. The highest BCUT2D eigenvalue weighted by atomic mass is 16.5. The van der Waals surface area contributed by atoms with E-state index in [2.05, 4.69) is 18.9 Å². The fraction of sp³-hybridized carbons (Fsp3) is 0.438. The molecule has 0 saturated carbocycles. The highest BCUT2D eigenvalue weighted by molar-refractivity contribution is 5.35. The lowest BCUT2D eigenvalue weighted by molar-refractivity contribution is 0.166. The Hall–Kier alpha value is -1.81. The number of nitrogens with zero attached hydrogens (tertiary/aromatic N) is 2. The van der Waals surface area contributed by atoms with E-state index in [4.69, 9.17) is 4.74 Å². The first-order chi connectivity index (χ1) is 9.61. The molecule has 0 aliphatic heterocycles. The van der Waals surface area contributed by atoms with Gasteiger partial charge >= 0.3 is 0 Å². The van der Waals surface area contributed by atoms with Crippen LogP contribution in [0.3, 0.4) is 0 Å². The van der Waals surface area contributed by atoms with Crippen LogP contribution >= 0.6 is 0 Å². The minimum atomic E-state index is -0.487. The molecule has 4 nitrogen and oxygen atoms in total. The number of hydrogen-bond acceptors (Lipinski definition) is 3. The van der Waals surface area contributed by atoms with Crippen molar-refractivity contribution in [3.63, 3.8) is 0 Å². The summed E-state index contributed by atoms with van der Waals surface area (Å²) in [4.78, 5) is 0. The van der Waals surface area contributed by atoms with Crippen LogP contribution in [0.4, 0.5) is 0 Å². The Morgan fingerprint density at radius 1 is 1.25 bits per heavy atom. The summed E-state index contributed by atoms with van der Waals surface area (Å²) >= 11 is 0. The van der Waals surface area contributed by atoms with Gasteiger partial charge in [0.05, 0.1) is 11.8 Å². The zero-order valence-corrected chi connectivity index (χ0v) is 12.3. The molecule has 0 aliphatic rings. The van der Waals surface area contributed by atoms with Crippen LogP contribution in [-0.4, -0.2) is 14.9 Å². The van der Waals surface area contributed by atoms with Crippen LogP contribution in [0, 0.1) is 0 Å². The van der Waals surface area contributed by atoms with Gasteiger partial charge in [-0.15, -0.1) is 0 Å². The molecule has 1 aromatic carbocycles. The summed E-state index contributed by atoms with van der Waals surface area (Å²) in [5, 5.41) is 14.4. The SMILES string of the molecule is CCC(O)c1ccccc1OCc1ccn(C(C)C)n1. The molecule has 0 radical (unpaired) electrons. The van der Waals surface area contributed by atoms with E-state index in [9.17, 15) is 5.11 Å². The minimum absolute atomic E-state index is 0.345. The number of hydrogen-bond donors (Lipinski definition) is 1. The number of rotatable bonds is 6. The molecule has 0 fully saturated rings. The van der Waals surface area contributed by atoms with Gasteiger partial charge < -0.3 is 9.84 Å². The lowest BCUT2D eigenvalue weighted by atomic mass is 10.1. The van der Waals surface area contributed by atoms with Crippen molar-refractivity contribution in [2.45, 2.75) is 45.9 Å². The van der Waals surface area contributed by atoms with Gasteiger partial charge in [-0.05, 0) is 32.4 Å².